The van der Waals surface area contributed by atoms with Crippen LogP contribution in [0.3, 0.4) is 0 Å². The van der Waals surface area contributed by atoms with Crippen molar-refractivity contribution in [3.05, 3.63) is 11.4 Å². The van der Waals surface area contributed by atoms with Gasteiger partial charge < -0.3 is 28.1 Å². The zero-order valence-electron chi connectivity index (χ0n) is 18.5. The maximum atomic E-state index is 11.9. The number of nitrogens with one attached hydrogen (secondary N) is 1. The Bertz CT molecular complexity index is 938. The van der Waals surface area contributed by atoms with E-state index in [1.165, 1.54) is 0 Å². The second-order valence-electron chi connectivity index (χ2n) is 7.53. The van der Waals surface area contributed by atoms with Crippen LogP contribution in [0.5, 0.6) is 0 Å². The Balaban J connectivity index is 1.24. The van der Waals surface area contributed by atoms with Gasteiger partial charge in [0, 0.05) is 14.2 Å². The van der Waals surface area contributed by atoms with Gasteiger partial charge in [0.1, 0.15) is 18.6 Å². The number of phosphoric ester groups is 2. The van der Waals surface area contributed by atoms with Crippen LogP contribution < -0.4 is 15.1 Å². The fourth-order valence-corrected chi connectivity index (χ4v) is 6.98. The van der Waals surface area contributed by atoms with E-state index in [0.717, 1.165) is 65.8 Å². The van der Waals surface area contributed by atoms with E-state index in [1.54, 1.807) is 0 Å². The molecule has 0 spiro atoms. The van der Waals surface area contributed by atoms with Crippen LogP contribution in [0.1, 0.15) is 24.2 Å². The molecule has 1 aromatic rings. The van der Waals surface area contributed by atoms with Gasteiger partial charge in [0.15, 0.2) is 0 Å². The van der Waals surface area contributed by atoms with Gasteiger partial charge >= 0.3 is 6.09 Å². The standard InChI is InChI=1S/C16H28N4O10P2S2/c1-20-15-6-4-12-11(3-5-14(15)18-19-20)13(12)7-27-16(21)17-8-28-32(24,25)30-10-34-33-9-29-31(22,23)26-2/h11-13H,3-10H2,1-2H3,(H,17,21)(H,22,23)(H,24,25)/p-2/t11-,12+,13-/m1/s1. The van der Waals surface area contributed by atoms with Gasteiger partial charge in [-0.1, -0.05) is 26.8 Å². The van der Waals surface area contributed by atoms with Crippen molar-refractivity contribution in [2.24, 2.45) is 24.8 Å². The quantitative estimate of drug-likeness (QED) is 0.157. The first-order chi connectivity index (χ1) is 16.1. The number of aromatic nitrogens is 3. The summed E-state index contributed by atoms with van der Waals surface area (Å²) in [5.74, 6) is 0.600. The molecule has 3 rings (SSSR count). The number of amides is 1. The molecule has 0 aromatic carbocycles. The minimum atomic E-state index is -4.67. The van der Waals surface area contributed by atoms with E-state index >= 15 is 0 Å². The molecule has 18 heteroatoms. The molecule has 1 N–H and O–H groups in total. The number of alkyl carbamates (subject to hydrolysis) is 1. The Morgan fingerprint density at radius 1 is 1.12 bits per heavy atom. The van der Waals surface area contributed by atoms with E-state index < -0.39 is 28.5 Å². The highest BCUT2D eigenvalue weighted by Crippen LogP contribution is 2.53. The van der Waals surface area contributed by atoms with Crippen molar-refractivity contribution in [3.63, 3.8) is 0 Å². The Kier molecular flexibility index (Phi) is 10.3. The minimum absolute atomic E-state index is 0.254. The van der Waals surface area contributed by atoms with Gasteiger partial charge in [-0.3, -0.25) is 23.7 Å². The molecule has 0 aliphatic heterocycles. The summed E-state index contributed by atoms with van der Waals surface area (Å²) < 4.78 is 47.3. The number of aryl methyl sites for hydroxylation is 2. The predicted octanol–water partition coefficient (Wildman–Crippen LogP) is 1.17. The monoisotopic (exact) mass is 560 g/mol. The zero-order valence-corrected chi connectivity index (χ0v) is 21.9. The van der Waals surface area contributed by atoms with Gasteiger partial charge in [0.2, 0.25) is 0 Å². The molecule has 0 saturated heterocycles. The fraction of sp³-hybridized carbons (Fsp3) is 0.812. The number of phosphoric acid groups is 2. The SMILES string of the molecule is COP(=O)([O-])OCSSCOP(=O)([O-])OCNC(=O)OC[C@@H]1[C@@H]2CCc3nnn(C)c3CC[C@@H]21. The van der Waals surface area contributed by atoms with Crippen molar-refractivity contribution in [2.75, 3.05) is 32.3 Å². The average Bonchev–Trinajstić information content (AvgIpc) is 3.31. The van der Waals surface area contributed by atoms with E-state index in [4.69, 9.17) is 4.74 Å². The summed E-state index contributed by atoms with van der Waals surface area (Å²) in [6, 6.07) is 0. The highest BCUT2D eigenvalue weighted by molar-refractivity contribution is 8.76. The highest BCUT2D eigenvalue weighted by atomic mass is 33.1. The normalized spacial score (nSPS) is 25.1. The molecule has 14 nitrogen and oxygen atoms in total. The largest absolute Gasteiger partial charge is 0.756 e. The number of hydrogen-bond acceptors (Lipinski definition) is 14. The molecule has 1 fully saturated rings. The Morgan fingerprint density at radius 3 is 2.44 bits per heavy atom. The third-order valence-electron chi connectivity index (χ3n) is 5.63. The maximum absolute atomic E-state index is 11.9. The summed E-state index contributed by atoms with van der Waals surface area (Å²) in [6.07, 6.45) is 2.92. The van der Waals surface area contributed by atoms with Gasteiger partial charge in [-0.15, -0.1) is 5.10 Å². The molecule has 1 heterocycles. The average molecular weight is 560 g/mol. The second kappa shape index (κ2) is 12.5. The van der Waals surface area contributed by atoms with E-state index in [0.29, 0.717) is 11.8 Å². The van der Waals surface area contributed by atoms with Gasteiger partial charge in [-0.2, -0.15) is 0 Å². The summed E-state index contributed by atoms with van der Waals surface area (Å²) >= 11 is 0. The number of rotatable bonds is 13. The molecule has 2 aliphatic carbocycles. The first kappa shape index (κ1) is 27.9. The van der Waals surface area contributed by atoms with Crippen molar-refractivity contribution < 1.29 is 46.5 Å². The Morgan fingerprint density at radius 2 is 1.76 bits per heavy atom. The molecular weight excluding hydrogens is 534 g/mol. The third-order valence-corrected chi connectivity index (χ3v) is 9.44. The molecule has 2 aliphatic rings. The van der Waals surface area contributed by atoms with Crippen molar-refractivity contribution in [3.8, 4) is 0 Å². The molecule has 0 bridgehead atoms. The maximum Gasteiger partial charge on any atom is 0.408 e. The van der Waals surface area contributed by atoms with Gasteiger partial charge in [0.25, 0.3) is 15.6 Å². The molecule has 1 amide bonds. The van der Waals surface area contributed by atoms with Crippen LogP contribution in [0.25, 0.3) is 0 Å². The van der Waals surface area contributed by atoms with Crippen molar-refractivity contribution in [1.29, 1.82) is 0 Å². The number of carbonyl (C=O) groups is 1. The lowest BCUT2D eigenvalue weighted by Crippen LogP contribution is -2.28. The number of fused-ring (bicyclic) bond motifs is 2. The van der Waals surface area contributed by atoms with E-state index in [-0.39, 0.29) is 24.4 Å². The molecule has 1 saturated carbocycles. The number of carbonyl (C=O) groups excluding carboxylic acids is 1. The lowest BCUT2D eigenvalue weighted by atomic mass is 10.0. The van der Waals surface area contributed by atoms with Crippen molar-refractivity contribution >= 4 is 43.3 Å². The molecular formula is C16H26N4O10P2S2-2. The minimum Gasteiger partial charge on any atom is -0.756 e. The van der Waals surface area contributed by atoms with Gasteiger partial charge in [0.05, 0.1) is 18.0 Å². The van der Waals surface area contributed by atoms with Crippen molar-refractivity contribution in [2.45, 2.75) is 25.7 Å². The first-order valence-corrected chi connectivity index (χ1v) is 15.7. The fourth-order valence-electron chi connectivity index (χ4n) is 3.88. The smallest absolute Gasteiger partial charge is 0.408 e. The highest BCUT2D eigenvalue weighted by Gasteiger charge is 2.50. The van der Waals surface area contributed by atoms with Crippen molar-refractivity contribution in [1.82, 2.24) is 20.3 Å². The number of hydrogen-bond donors (Lipinski definition) is 1. The molecule has 0 radical (unpaired) electrons. The van der Waals surface area contributed by atoms with Crippen LogP contribution in [0.15, 0.2) is 0 Å². The van der Waals surface area contributed by atoms with Crippen LogP contribution in [-0.2, 0) is 51.9 Å². The van der Waals surface area contributed by atoms with Crippen LogP contribution in [0.2, 0.25) is 0 Å². The van der Waals surface area contributed by atoms with Crippen LogP contribution in [-0.4, -0.2) is 53.4 Å². The second-order valence-corrected chi connectivity index (χ2v) is 12.8. The number of ether oxygens (including phenoxy) is 1. The van der Waals surface area contributed by atoms with Crippen LogP contribution in [0.4, 0.5) is 4.79 Å². The summed E-state index contributed by atoms with van der Waals surface area (Å²) in [4.78, 5) is 34.5. The van der Waals surface area contributed by atoms with E-state index in [1.807, 2.05) is 11.7 Å². The number of nitrogens with zero attached hydrogens (tertiary/aromatic N) is 3. The molecule has 34 heavy (non-hydrogen) atoms. The third kappa shape index (κ3) is 8.47. The molecule has 194 valence electrons. The summed E-state index contributed by atoms with van der Waals surface area (Å²) in [5.41, 5.74) is 2.20. The summed E-state index contributed by atoms with van der Waals surface area (Å²) in [7, 11) is -4.38. The Labute approximate surface area is 204 Å². The van der Waals surface area contributed by atoms with Crippen LogP contribution in [0, 0.1) is 17.8 Å². The molecule has 2 unspecified atom stereocenters. The molecule has 1 aromatic heterocycles. The molecule has 5 atom stereocenters. The predicted molar refractivity (Wildman–Crippen MR) is 118 cm³/mol. The van der Waals surface area contributed by atoms with Crippen LogP contribution >= 0.6 is 37.2 Å². The zero-order chi connectivity index (χ0) is 24.8. The Hall–Kier alpha value is -0.670. The topological polar surface area (TPSA) is 186 Å². The lowest BCUT2D eigenvalue weighted by Gasteiger charge is -2.22. The first-order valence-electron chi connectivity index (χ1n) is 10.3. The summed E-state index contributed by atoms with van der Waals surface area (Å²) in [6.45, 7) is -0.386. The van der Waals surface area contributed by atoms with E-state index in [9.17, 15) is 23.7 Å². The lowest BCUT2D eigenvalue weighted by molar-refractivity contribution is -0.224. The van der Waals surface area contributed by atoms with Gasteiger partial charge in [-0.05, 0) is 43.4 Å². The van der Waals surface area contributed by atoms with E-state index in [2.05, 4.69) is 33.7 Å². The summed E-state index contributed by atoms with van der Waals surface area (Å²) in [5, 5.41) is 10.5. The van der Waals surface area contributed by atoms with Gasteiger partial charge in [-0.25, -0.2) is 4.79 Å².